The van der Waals surface area contributed by atoms with Gasteiger partial charge in [0.1, 0.15) is 0 Å². The van der Waals surface area contributed by atoms with Gasteiger partial charge in [-0.15, -0.1) is 0 Å². The monoisotopic (exact) mass is 261 g/mol. The van der Waals surface area contributed by atoms with Crippen LogP contribution in [0.1, 0.15) is 19.8 Å². The molecule has 1 aromatic rings. The van der Waals surface area contributed by atoms with Crippen LogP contribution in [0.25, 0.3) is 0 Å². The Kier molecular flexibility index (Phi) is 4.89. The van der Waals surface area contributed by atoms with Gasteiger partial charge in [-0.25, -0.2) is 17.5 Å². The van der Waals surface area contributed by atoms with Crippen molar-refractivity contribution in [3.05, 3.63) is 24.0 Å². The fraction of sp³-hybridized carbons (Fsp3) is 0.455. The van der Waals surface area contributed by atoms with Crippen LogP contribution in [0.4, 0.5) is 4.39 Å². The Labute approximate surface area is 101 Å². The molecular formula is C11H16FNO3S. The molecule has 0 aliphatic rings. The van der Waals surface area contributed by atoms with Crippen LogP contribution in [0.2, 0.25) is 0 Å². The van der Waals surface area contributed by atoms with Crippen molar-refractivity contribution in [2.24, 2.45) is 0 Å². The molecule has 1 aromatic carbocycles. The smallest absolute Gasteiger partial charge is 0.240 e. The molecule has 0 radical (unpaired) electrons. The lowest BCUT2D eigenvalue weighted by molar-refractivity contribution is 0.385. The van der Waals surface area contributed by atoms with Crippen molar-refractivity contribution in [3.8, 4) is 5.75 Å². The van der Waals surface area contributed by atoms with Crippen molar-refractivity contribution < 1.29 is 17.5 Å². The maximum absolute atomic E-state index is 13.4. The van der Waals surface area contributed by atoms with Gasteiger partial charge in [0, 0.05) is 6.54 Å². The van der Waals surface area contributed by atoms with Gasteiger partial charge in [0.25, 0.3) is 0 Å². The van der Waals surface area contributed by atoms with E-state index in [-0.39, 0.29) is 10.6 Å². The zero-order valence-corrected chi connectivity index (χ0v) is 10.7. The summed E-state index contributed by atoms with van der Waals surface area (Å²) < 4.78 is 44.0. The lowest BCUT2D eigenvalue weighted by Crippen LogP contribution is -2.24. The molecule has 1 rings (SSSR count). The predicted molar refractivity (Wildman–Crippen MR) is 63.0 cm³/mol. The second-order valence-corrected chi connectivity index (χ2v) is 5.31. The van der Waals surface area contributed by atoms with E-state index >= 15 is 0 Å². The van der Waals surface area contributed by atoms with E-state index in [4.69, 9.17) is 4.74 Å². The van der Waals surface area contributed by atoms with Gasteiger partial charge in [0.15, 0.2) is 11.6 Å². The molecule has 0 unspecified atom stereocenters. The van der Waals surface area contributed by atoms with Gasteiger partial charge in [0.2, 0.25) is 10.0 Å². The quantitative estimate of drug-likeness (QED) is 0.796. The summed E-state index contributed by atoms with van der Waals surface area (Å²) in [5.41, 5.74) is 0. The molecule has 0 amide bonds. The normalized spacial score (nSPS) is 11.5. The third-order valence-electron chi connectivity index (χ3n) is 2.26. The number of halogens is 1. The molecule has 0 spiro atoms. The molecule has 0 aromatic heterocycles. The lowest BCUT2D eigenvalue weighted by Gasteiger charge is -2.07. The highest BCUT2D eigenvalue weighted by atomic mass is 32.2. The zero-order valence-electron chi connectivity index (χ0n) is 9.86. The number of methoxy groups -OCH3 is 1. The first-order valence-corrected chi connectivity index (χ1v) is 6.82. The zero-order chi connectivity index (χ0) is 12.9. The Balaban J connectivity index is 2.88. The Morgan fingerprint density at radius 3 is 2.65 bits per heavy atom. The topological polar surface area (TPSA) is 55.4 Å². The Morgan fingerprint density at radius 2 is 2.12 bits per heavy atom. The minimum atomic E-state index is -3.63. The van der Waals surface area contributed by atoms with Crippen molar-refractivity contribution in [1.82, 2.24) is 4.72 Å². The first-order chi connectivity index (χ1) is 8.01. The molecule has 1 N–H and O–H groups in total. The van der Waals surface area contributed by atoms with Crippen LogP contribution in [0.5, 0.6) is 5.75 Å². The van der Waals surface area contributed by atoms with E-state index < -0.39 is 15.8 Å². The highest BCUT2D eigenvalue weighted by Crippen LogP contribution is 2.20. The van der Waals surface area contributed by atoms with Gasteiger partial charge in [0.05, 0.1) is 12.0 Å². The molecule has 0 bridgehead atoms. The molecule has 6 heteroatoms. The van der Waals surface area contributed by atoms with Gasteiger partial charge < -0.3 is 4.74 Å². The standard InChI is InChI=1S/C11H16FNO3S/c1-3-4-7-13-17(14,15)9-5-6-11(16-2)10(12)8-9/h5-6,8,13H,3-4,7H2,1-2H3. The van der Waals surface area contributed by atoms with E-state index in [1.54, 1.807) is 0 Å². The minimum absolute atomic E-state index is 0.0255. The summed E-state index contributed by atoms with van der Waals surface area (Å²) in [4.78, 5) is -0.0908. The summed E-state index contributed by atoms with van der Waals surface area (Å²) in [5.74, 6) is -0.664. The molecular weight excluding hydrogens is 245 g/mol. The molecule has 0 saturated carbocycles. The third kappa shape index (κ3) is 3.67. The Morgan fingerprint density at radius 1 is 1.41 bits per heavy atom. The first-order valence-electron chi connectivity index (χ1n) is 5.34. The van der Waals surface area contributed by atoms with Crippen LogP contribution in [0, 0.1) is 5.82 Å². The summed E-state index contributed by atoms with van der Waals surface area (Å²) in [7, 11) is -2.30. The number of ether oxygens (including phenoxy) is 1. The average Bonchev–Trinajstić information content (AvgIpc) is 2.29. The van der Waals surface area contributed by atoms with Crippen LogP contribution in [0.15, 0.2) is 23.1 Å². The van der Waals surface area contributed by atoms with E-state index in [2.05, 4.69) is 4.72 Å². The van der Waals surface area contributed by atoms with Crippen molar-refractivity contribution in [2.75, 3.05) is 13.7 Å². The Bertz CT molecular complexity index is 474. The van der Waals surface area contributed by atoms with Crippen LogP contribution in [-0.4, -0.2) is 22.1 Å². The van der Waals surface area contributed by atoms with Crippen LogP contribution < -0.4 is 9.46 Å². The Hall–Kier alpha value is -1.14. The van der Waals surface area contributed by atoms with E-state index in [1.807, 2.05) is 6.92 Å². The largest absolute Gasteiger partial charge is 0.494 e. The number of hydrogen-bond donors (Lipinski definition) is 1. The molecule has 4 nitrogen and oxygen atoms in total. The van der Waals surface area contributed by atoms with Crippen molar-refractivity contribution in [2.45, 2.75) is 24.7 Å². The van der Waals surface area contributed by atoms with Gasteiger partial charge in [-0.05, 0) is 24.6 Å². The summed E-state index contributed by atoms with van der Waals surface area (Å²) in [6.07, 6.45) is 1.64. The average molecular weight is 261 g/mol. The summed E-state index contributed by atoms with van der Waals surface area (Å²) in [6.45, 7) is 2.31. The molecule has 0 fully saturated rings. The number of nitrogens with one attached hydrogen (secondary N) is 1. The first kappa shape index (κ1) is 13.9. The summed E-state index contributed by atoms with van der Waals surface area (Å²) in [6, 6.07) is 3.56. The van der Waals surface area contributed by atoms with Crippen molar-refractivity contribution in [3.63, 3.8) is 0 Å². The summed E-state index contributed by atoms with van der Waals surface area (Å²) in [5, 5.41) is 0. The molecule has 0 heterocycles. The number of sulfonamides is 1. The molecule has 96 valence electrons. The second-order valence-electron chi connectivity index (χ2n) is 3.55. The highest BCUT2D eigenvalue weighted by molar-refractivity contribution is 7.89. The van der Waals surface area contributed by atoms with Crippen LogP contribution in [0.3, 0.4) is 0 Å². The minimum Gasteiger partial charge on any atom is -0.494 e. The van der Waals surface area contributed by atoms with E-state index in [0.29, 0.717) is 6.54 Å². The lowest BCUT2D eigenvalue weighted by atomic mass is 10.3. The van der Waals surface area contributed by atoms with Gasteiger partial charge >= 0.3 is 0 Å². The maximum atomic E-state index is 13.4. The van der Waals surface area contributed by atoms with Gasteiger partial charge in [-0.1, -0.05) is 13.3 Å². The molecule has 0 aliphatic carbocycles. The number of benzene rings is 1. The SMILES string of the molecule is CCCCNS(=O)(=O)c1ccc(OC)c(F)c1. The third-order valence-corrected chi connectivity index (χ3v) is 3.71. The van der Waals surface area contributed by atoms with E-state index in [0.717, 1.165) is 18.9 Å². The fourth-order valence-electron chi connectivity index (χ4n) is 1.28. The molecule has 0 saturated heterocycles. The molecule has 17 heavy (non-hydrogen) atoms. The van der Waals surface area contributed by atoms with Gasteiger partial charge in [-0.3, -0.25) is 0 Å². The van der Waals surface area contributed by atoms with Crippen molar-refractivity contribution in [1.29, 1.82) is 0 Å². The van der Waals surface area contributed by atoms with Crippen molar-refractivity contribution >= 4 is 10.0 Å². The maximum Gasteiger partial charge on any atom is 0.240 e. The summed E-state index contributed by atoms with van der Waals surface area (Å²) >= 11 is 0. The fourth-order valence-corrected chi connectivity index (χ4v) is 2.37. The van der Waals surface area contributed by atoms with E-state index in [9.17, 15) is 12.8 Å². The predicted octanol–water partition coefficient (Wildman–Crippen LogP) is 1.91. The number of rotatable bonds is 6. The van der Waals surface area contributed by atoms with Crippen LogP contribution >= 0.6 is 0 Å². The highest BCUT2D eigenvalue weighted by Gasteiger charge is 2.15. The molecule has 0 aliphatic heterocycles. The molecule has 0 atom stereocenters. The number of unbranched alkanes of at least 4 members (excludes halogenated alkanes) is 1. The van der Waals surface area contributed by atoms with Crippen LogP contribution in [-0.2, 0) is 10.0 Å². The van der Waals surface area contributed by atoms with Gasteiger partial charge in [-0.2, -0.15) is 0 Å². The second kappa shape index (κ2) is 5.97. The number of hydrogen-bond acceptors (Lipinski definition) is 3. The van der Waals surface area contributed by atoms with E-state index in [1.165, 1.54) is 19.2 Å².